The molecule has 0 amide bonds. The van der Waals surface area contributed by atoms with Crippen molar-refractivity contribution in [1.29, 1.82) is 0 Å². The molecule has 3 heterocycles. The molecular formula is C50H90N8Si2. The van der Waals surface area contributed by atoms with Gasteiger partial charge < -0.3 is 15.1 Å². The van der Waals surface area contributed by atoms with Gasteiger partial charge in [0.25, 0.3) is 0 Å². The molecule has 2 unspecified atom stereocenters. The fraction of sp³-hybridized carbons (Fsp3) is 0.700. The van der Waals surface area contributed by atoms with Crippen molar-refractivity contribution >= 4 is 44.1 Å². The number of nitrogens with one attached hydrogen (secondary N) is 1. The van der Waals surface area contributed by atoms with Crippen LogP contribution in [0.5, 0.6) is 0 Å². The van der Waals surface area contributed by atoms with E-state index in [0.717, 1.165) is 95.3 Å². The zero-order chi connectivity index (χ0) is 42.5. The van der Waals surface area contributed by atoms with E-state index in [1.807, 2.05) is 0 Å². The summed E-state index contributed by atoms with van der Waals surface area (Å²) in [6.07, 6.45) is 9.87. The minimum Gasteiger partial charge on any atom is -0.354 e. The maximum absolute atomic E-state index is 5.56. The lowest BCUT2D eigenvalue weighted by Gasteiger charge is -2.56. The van der Waals surface area contributed by atoms with Gasteiger partial charge in [-0.15, -0.1) is 0 Å². The van der Waals surface area contributed by atoms with Gasteiger partial charge >= 0.3 is 0 Å². The number of piperidine rings is 2. The summed E-state index contributed by atoms with van der Waals surface area (Å²) in [6, 6.07) is 24.7. The average molecular weight is 859 g/mol. The molecule has 2 saturated heterocycles. The van der Waals surface area contributed by atoms with Crippen LogP contribution in [0.15, 0.2) is 60.7 Å². The van der Waals surface area contributed by atoms with E-state index < -0.39 is 15.9 Å². The Morgan fingerprint density at radius 1 is 0.650 bits per heavy atom. The van der Waals surface area contributed by atoms with Gasteiger partial charge in [-0.25, -0.2) is 0 Å². The van der Waals surface area contributed by atoms with Crippen LogP contribution in [0.1, 0.15) is 142 Å². The summed E-state index contributed by atoms with van der Waals surface area (Å²) in [6.45, 7) is 31.9. The van der Waals surface area contributed by atoms with Crippen LogP contribution >= 0.6 is 0 Å². The van der Waals surface area contributed by atoms with Gasteiger partial charge in [-0.1, -0.05) is 132 Å². The summed E-state index contributed by atoms with van der Waals surface area (Å²) in [5, 5.41) is 7.02. The number of hydrogen-bond donors (Lipinski definition) is 1. The molecule has 10 heteroatoms. The topological polar surface area (TPSA) is 63.7 Å². The Hall–Kier alpha value is -2.80. The number of likely N-dealkylation sites (tertiary alicyclic amines) is 2. The first-order valence-electron chi connectivity index (χ1n) is 22.9. The van der Waals surface area contributed by atoms with Crippen LogP contribution in [0.2, 0.25) is 19.1 Å². The number of hydrogen-bond acceptors (Lipinski definition) is 8. The predicted molar refractivity (Wildman–Crippen MR) is 270 cm³/mol. The van der Waals surface area contributed by atoms with E-state index in [2.05, 4.69) is 182 Å². The van der Waals surface area contributed by atoms with Gasteiger partial charge in [0.1, 0.15) is 0 Å². The SMILES string of the molecule is C.C.CCCCN(c1nc(NCCC[Si](C)(c2ccccc2)[SiH](C)c2ccccc2)nc(N(CCCC)C2CC(C)(C)N(C)C(C)(C)C2)n1)C1CC(C)(C)N(C)C(C)(C)C1. The first-order chi connectivity index (χ1) is 27.3. The molecule has 5 rings (SSSR count). The molecule has 2 aliphatic rings. The molecule has 3 aromatic rings. The Bertz CT molecular complexity index is 1630. The molecule has 60 heavy (non-hydrogen) atoms. The van der Waals surface area contributed by atoms with Crippen molar-refractivity contribution in [2.45, 2.75) is 195 Å². The van der Waals surface area contributed by atoms with Crippen molar-refractivity contribution in [3.05, 3.63) is 60.7 Å². The molecule has 2 fully saturated rings. The molecule has 8 nitrogen and oxygen atoms in total. The van der Waals surface area contributed by atoms with E-state index in [9.17, 15) is 0 Å². The molecule has 338 valence electrons. The molecule has 1 N–H and O–H groups in total. The maximum Gasteiger partial charge on any atom is 0.232 e. The molecule has 0 aliphatic carbocycles. The molecule has 2 atom stereocenters. The monoisotopic (exact) mass is 859 g/mol. The minimum atomic E-state index is -1.79. The lowest BCUT2D eigenvalue weighted by molar-refractivity contribution is -0.0130. The Morgan fingerprint density at radius 3 is 1.45 bits per heavy atom. The van der Waals surface area contributed by atoms with Gasteiger partial charge in [0.05, 0.1) is 15.9 Å². The Morgan fingerprint density at radius 2 is 1.05 bits per heavy atom. The van der Waals surface area contributed by atoms with Gasteiger partial charge in [-0.3, -0.25) is 9.80 Å². The highest BCUT2D eigenvalue weighted by Crippen LogP contribution is 2.42. The standard InChI is InChI=1S/C48H82N8Si2.2CH4/c1-15-17-31-55(38-34-45(3,4)53(11)46(5,6)35-38)43-50-42(51-44(52-43)56(32-18-16-2)39-36-47(7,8)54(12)48(9,10)37-39)49-30-25-33-58(14,41-28-23-20-24-29-41)57(13)40-26-21-19-22-27-40;;/h19-24,26-29,38-39,57H,15-18,25,30-37H2,1-14H3,(H,49,50,51,52);2*1H4. The molecular weight excluding hydrogens is 769 g/mol. The molecule has 2 aromatic carbocycles. The van der Waals surface area contributed by atoms with Gasteiger partial charge in [0.15, 0.2) is 0 Å². The highest BCUT2D eigenvalue weighted by molar-refractivity contribution is 7.42. The average Bonchev–Trinajstić information content (AvgIpc) is 3.18. The van der Waals surface area contributed by atoms with Gasteiger partial charge in [0, 0.05) is 53.9 Å². The summed E-state index contributed by atoms with van der Waals surface area (Å²) in [5.74, 6) is 2.43. The van der Waals surface area contributed by atoms with Crippen LogP contribution in [0.3, 0.4) is 0 Å². The molecule has 0 bridgehead atoms. The molecule has 1 aromatic heterocycles. The van der Waals surface area contributed by atoms with Crippen LogP contribution in [0.4, 0.5) is 17.8 Å². The van der Waals surface area contributed by atoms with Crippen LogP contribution in [-0.2, 0) is 0 Å². The van der Waals surface area contributed by atoms with E-state index in [1.165, 1.54) is 6.04 Å². The number of aromatic nitrogens is 3. The number of anilines is 3. The van der Waals surface area contributed by atoms with E-state index >= 15 is 0 Å². The van der Waals surface area contributed by atoms with Crippen LogP contribution < -0.4 is 25.5 Å². The Balaban J connectivity index is 0.00000480. The second kappa shape index (κ2) is 21.1. The van der Waals surface area contributed by atoms with Crippen LogP contribution in [-0.4, -0.2) is 109 Å². The van der Waals surface area contributed by atoms with E-state index in [-0.39, 0.29) is 37.0 Å². The second-order valence-corrected chi connectivity index (χ2v) is 33.2. The third-order valence-corrected chi connectivity index (χ3v) is 29.9. The Labute approximate surface area is 372 Å². The maximum atomic E-state index is 5.56. The first-order valence-corrected chi connectivity index (χ1v) is 29.1. The third-order valence-electron chi connectivity index (χ3n) is 14.9. The van der Waals surface area contributed by atoms with Crippen LogP contribution in [0, 0.1) is 0 Å². The zero-order valence-electron chi connectivity index (χ0n) is 39.3. The summed E-state index contributed by atoms with van der Waals surface area (Å²) in [4.78, 5) is 26.7. The van der Waals surface area contributed by atoms with E-state index in [4.69, 9.17) is 15.0 Å². The smallest absolute Gasteiger partial charge is 0.232 e. The molecule has 0 spiro atoms. The van der Waals surface area contributed by atoms with Crippen molar-refractivity contribution in [2.75, 3.05) is 48.8 Å². The lowest BCUT2D eigenvalue weighted by Crippen LogP contribution is -2.63. The summed E-state index contributed by atoms with van der Waals surface area (Å²) in [5.41, 5.74) is 0.229. The number of nitrogens with zero attached hydrogens (tertiary/aromatic N) is 7. The van der Waals surface area contributed by atoms with Gasteiger partial charge in [0.2, 0.25) is 17.8 Å². The summed E-state index contributed by atoms with van der Waals surface area (Å²) >= 11 is 0. The highest BCUT2D eigenvalue weighted by atomic mass is 29.2. The highest BCUT2D eigenvalue weighted by Gasteiger charge is 2.47. The van der Waals surface area contributed by atoms with Crippen molar-refractivity contribution in [2.24, 2.45) is 0 Å². The zero-order valence-corrected chi connectivity index (χ0v) is 41.5. The van der Waals surface area contributed by atoms with Crippen molar-refractivity contribution < 1.29 is 0 Å². The molecule has 2 aliphatic heterocycles. The third kappa shape index (κ3) is 11.8. The number of unbranched alkanes of at least 4 members (excludes halogenated alkanes) is 2. The first kappa shape index (κ1) is 51.6. The normalized spacial score (nSPS) is 20.6. The van der Waals surface area contributed by atoms with Crippen molar-refractivity contribution in [3.63, 3.8) is 0 Å². The van der Waals surface area contributed by atoms with Gasteiger partial charge in [-0.2, -0.15) is 15.0 Å². The van der Waals surface area contributed by atoms with E-state index in [0.29, 0.717) is 12.1 Å². The number of rotatable bonds is 18. The Kier molecular flexibility index (Phi) is 18.1. The van der Waals surface area contributed by atoms with Crippen molar-refractivity contribution in [1.82, 2.24) is 24.8 Å². The summed E-state index contributed by atoms with van der Waals surface area (Å²) < 4.78 is 0. The predicted octanol–water partition coefficient (Wildman–Crippen LogP) is 10.3. The van der Waals surface area contributed by atoms with Crippen molar-refractivity contribution in [3.8, 4) is 0 Å². The van der Waals surface area contributed by atoms with Crippen LogP contribution in [0.25, 0.3) is 0 Å². The fourth-order valence-corrected chi connectivity index (χ4v) is 21.9. The largest absolute Gasteiger partial charge is 0.354 e. The summed E-state index contributed by atoms with van der Waals surface area (Å²) in [7, 11) is 1.59. The van der Waals surface area contributed by atoms with Gasteiger partial charge in [-0.05, 0) is 114 Å². The van der Waals surface area contributed by atoms with E-state index in [1.54, 1.807) is 10.4 Å². The fourth-order valence-electron chi connectivity index (χ4n) is 10.5. The minimum absolute atomic E-state index is 0. The quantitative estimate of drug-likeness (QED) is 0.100. The number of benzene rings is 2. The molecule has 0 saturated carbocycles. The second-order valence-electron chi connectivity index (χ2n) is 20.8. The lowest BCUT2D eigenvalue weighted by atomic mass is 9.77. The molecule has 0 radical (unpaired) electrons.